The maximum atomic E-state index is 8.44. The fourth-order valence-corrected chi connectivity index (χ4v) is 0.649. The maximum absolute atomic E-state index is 8.44. The zero-order valence-corrected chi connectivity index (χ0v) is 5.70. The van der Waals surface area contributed by atoms with Crippen LogP contribution in [0.4, 0.5) is 17.2 Å². The van der Waals surface area contributed by atoms with Crippen LogP contribution >= 0.6 is 0 Å². The lowest BCUT2D eigenvalue weighted by Crippen LogP contribution is -2.02. The number of nitrogens with two attached hydrogens (primary N) is 3. The molecule has 0 radical (unpaired) electrons. The Morgan fingerprint density at radius 3 is 2.45 bits per heavy atom. The van der Waals surface area contributed by atoms with Gasteiger partial charge in [0.05, 0.1) is 11.4 Å². The van der Waals surface area contributed by atoms with Gasteiger partial charge in [0.2, 0.25) is 0 Å². The minimum absolute atomic E-state index is 0.108. The second kappa shape index (κ2) is 2.34. The van der Waals surface area contributed by atoms with Crippen molar-refractivity contribution in [1.82, 2.24) is 4.98 Å². The first-order valence-corrected chi connectivity index (χ1v) is 2.86. The molecule has 1 aromatic rings. The summed E-state index contributed by atoms with van der Waals surface area (Å²) in [6.07, 6.45) is 0. The minimum atomic E-state index is 0.108. The summed E-state index contributed by atoms with van der Waals surface area (Å²) in [6.45, 7) is 0. The second-order valence-electron chi connectivity index (χ2n) is 2.01. The summed E-state index contributed by atoms with van der Waals surface area (Å²) in [7, 11) is 0. The number of rotatable bonds is 0. The Kier molecular flexibility index (Phi) is 1.52. The molecule has 0 aliphatic carbocycles. The fourth-order valence-electron chi connectivity index (χ4n) is 0.649. The van der Waals surface area contributed by atoms with Gasteiger partial charge in [-0.25, -0.2) is 4.98 Å². The second-order valence-corrected chi connectivity index (χ2v) is 2.01. The number of nitrogens with zero attached hydrogens (tertiary/aromatic N) is 2. The first-order valence-electron chi connectivity index (χ1n) is 2.86. The van der Waals surface area contributed by atoms with Gasteiger partial charge in [-0.2, -0.15) is 5.26 Å². The monoisotopic (exact) mass is 149 g/mol. The normalized spacial score (nSPS) is 9.00. The van der Waals surface area contributed by atoms with Crippen molar-refractivity contribution in [2.24, 2.45) is 0 Å². The number of hydrogen-bond donors (Lipinski definition) is 3. The molecule has 1 aromatic heterocycles. The van der Waals surface area contributed by atoms with E-state index in [-0.39, 0.29) is 17.2 Å². The van der Waals surface area contributed by atoms with E-state index in [0.717, 1.165) is 0 Å². The molecule has 0 saturated heterocycles. The molecular formula is C6H7N5. The van der Waals surface area contributed by atoms with Crippen LogP contribution in [0.25, 0.3) is 0 Å². The lowest BCUT2D eigenvalue weighted by molar-refractivity contribution is 1.28. The van der Waals surface area contributed by atoms with Gasteiger partial charge in [-0.05, 0) is 6.07 Å². The van der Waals surface area contributed by atoms with Crippen LogP contribution in [0.15, 0.2) is 6.07 Å². The van der Waals surface area contributed by atoms with Crippen molar-refractivity contribution in [3.63, 3.8) is 0 Å². The van der Waals surface area contributed by atoms with Gasteiger partial charge in [-0.3, -0.25) is 0 Å². The lowest BCUT2D eigenvalue weighted by Gasteiger charge is -2.00. The van der Waals surface area contributed by atoms with Crippen molar-refractivity contribution in [2.75, 3.05) is 17.2 Å². The molecule has 5 nitrogen and oxygen atoms in total. The predicted octanol–water partition coefficient (Wildman–Crippen LogP) is -0.300. The molecule has 56 valence electrons. The molecule has 0 aliphatic heterocycles. The van der Waals surface area contributed by atoms with Crippen LogP contribution in [0.2, 0.25) is 0 Å². The van der Waals surface area contributed by atoms with Crippen LogP contribution in [-0.2, 0) is 0 Å². The highest BCUT2D eigenvalue weighted by molar-refractivity contribution is 5.67. The predicted molar refractivity (Wildman–Crippen MR) is 42.2 cm³/mol. The number of nitrogen functional groups attached to an aromatic ring is 3. The van der Waals surface area contributed by atoms with Crippen molar-refractivity contribution >= 4 is 17.2 Å². The van der Waals surface area contributed by atoms with E-state index in [1.807, 2.05) is 0 Å². The Hall–Kier alpha value is -1.96. The Morgan fingerprint density at radius 2 is 1.91 bits per heavy atom. The van der Waals surface area contributed by atoms with Gasteiger partial charge in [0.25, 0.3) is 0 Å². The Balaban J connectivity index is 3.35. The summed E-state index contributed by atoms with van der Waals surface area (Å²) in [5.41, 5.74) is 16.7. The van der Waals surface area contributed by atoms with Crippen LogP contribution in [0.3, 0.4) is 0 Å². The van der Waals surface area contributed by atoms with Crippen molar-refractivity contribution < 1.29 is 0 Å². The molecule has 0 spiro atoms. The molecule has 0 aliphatic rings. The summed E-state index contributed by atoms with van der Waals surface area (Å²) >= 11 is 0. The molecule has 0 amide bonds. The molecule has 5 heteroatoms. The molecule has 0 bridgehead atoms. The van der Waals surface area contributed by atoms with Crippen LogP contribution in [0.1, 0.15) is 5.69 Å². The average molecular weight is 149 g/mol. The lowest BCUT2D eigenvalue weighted by atomic mass is 10.3. The standard InChI is InChI=1S/C6H7N5/c7-2-5-3(8)1-4(9)6(10)11-5/h1H,8-9H2,(H2,10,11). The smallest absolute Gasteiger partial charge is 0.165 e. The molecule has 0 unspecified atom stereocenters. The average Bonchev–Trinajstić information content (AvgIpc) is 1.97. The highest BCUT2D eigenvalue weighted by Crippen LogP contribution is 2.17. The molecule has 0 saturated carbocycles. The minimum Gasteiger partial charge on any atom is -0.396 e. The summed E-state index contributed by atoms with van der Waals surface area (Å²) in [5.74, 6) is 0.135. The van der Waals surface area contributed by atoms with E-state index in [1.54, 1.807) is 6.07 Å². The third-order valence-corrected chi connectivity index (χ3v) is 1.22. The van der Waals surface area contributed by atoms with Gasteiger partial charge >= 0.3 is 0 Å². The Bertz CT molecular complexity index is 324. The third-order valence-electron chi connectivity index (χ3n) is 1.22. The molecule has 11 heavy (non-hydrogen) atoms. The summed E-state index contributed by atoms with van der Waals surface area (Å²) in [6, 6.07) is 3.21. The van der Waals surface area contributed by atoms with E-state index >= 15 is 0 Å². The van der Waals surface area contributed by atoms with E-state index in [0.29, 0.717) is 5.69 Å². The highest BCUT2D eigenvalue weighted by atomic mass is 14.9. The van der Waals surface area contributed by atoms with Crippen LogP contribution in [0.5, 0.6) is 0 Å². The van der Waals surface area contributed by atoms with Gasteiger partial charge in [0, 0.05) is 0 Å². The number of nitriles is 1. The number of aromatic nitrogens is 1. The summed E-state index contributed by atoms with van der Waals surface area (Å²) < 4.78 is 0. The molecule has 1 rings (SSSR count). The molecule has 0 fully saturated rings. The van der Waals surface area contributed by atoms with E-state index in [9.17, 15) is 0 Å². The van der Waals surface area contributed by atoms with Gasteiger partial charge in [-0.1, -0.05) is 0 Å². The van der Waals surface area contributed by atoms with Gasteiger partial charge < -0.3 is 17.2 Å². The SMILES string of the molecule is N#Cc1nc(N)c(N)cc1N. The largest absolute Gasteiger partial charge is 0.396 e. The van der Waals surface area contributed by atoms with E-state index in [4.69, 9.17) is 22.5 Å². The van der Waals surface area contributed by atoms with Crippen molar-refractivity contribution in [1.29, 1.82) is 5.26 Å². The first-order chi connectivity index (χ1) is 5.15. The fraction of sp³-hybridized carbons (Fsp3) is 0. The Labute approximate surface area is 63.4 Å². The highest BCUT2D eigenvalue weighted by Gasteiger charge is 2.02. The van der Waals surface area contributed by atoms with Crippen LogP contribution in [0, 0.1) is 11.3 Å². The zero-order chi connectivity index (χ0) is 8.43. The van der Waals surface area contributed by atoms with E-state index in [2.05, 4.69) is 4.98 Å². The van der Waals surface area contributed by atoms with Gasteiger partial charge in [-0.15, -0.1) is 0 Å². The number of anilines is 3. The third kappa shape index (κ3) is 1.14. The topological polar surface area (TPSA) is 115 Å². The Morgan fingerprint density at radius 1 is 1.27 bits per heavy atom. The first kappa shape index (κ1) is 7.15. The van der Waals surface area contributed by atoms with E-state index in [1.165, 1.54) is 6.07 Å². The molecule has 0 atom stereocenters. The van der Waals surface area contributed by atoms with Gasteiger partial charge in [0.15, 0.2) is 5.69 Å². The van der Waals surface area contributed by atoms with Crippen LogP contribution in [-0.4, -0.2) is 4.98 Å². The molecule has 1 heterocycles. The molecule has 0 aromatic carbocycles. The van der Waals surface area contributed by atoms with Crippen LogP contribution < -0.4 is 17.2 Å². The molecule has 6 N–H and O–H groups in total. The number of pyridine rings is 1. The maximum Gasteiger partial charge on any atom is 0.165 e. The van der Waals surface area contributed by atoms with E-state index < -0.39 is 0 Å². The van der Waals surface area contributed by atoms with Crippen molar-refractivity contribution in [2.45, 2.75) is 0 Å². The zero-order valence-electron chi connectivity index (χ0n) is 5.70. The quantitative estimate of drug-likeness (QED) is 0.468. The van der Waals surface area contributed by atoms with Crippen molar-refractivity contribution in [3.8, 4) is 6.07 Å². The van der Waals surface area contributed by atoms with Gasteiger partial charge in [0.1, 0.15) is 11.9 Å². The summed E-state index contributed by atoms with van der Waals surface area (Å²) in [5, 5.41) is 8.44. The molecular weight excluding hydrogens is 142 g/mol. The summed E-state index contributed by atoms with van der Waals surface area (Å²) in [4.78, 5) is 3.66. The number of hydrogen-bond acceptors (Lipinski definition) is 5. The van der Waals surface area contributed by atoms with Crippen molar-refractivity contribution in [3.05, 3.63) is 11.8 Å².